The van der Waals surface area contributed by atoms with Gasteiger partial charge in [0.2, 0.25) is 0 Å². The lowest BCUT2D eigenvalue weighted by atomic mass is 10.2. The van der Waals surface area contributed by atoms with Crippen molar-refractivity contribution in [3.63, 3.8) is 0 Å². The highest BCUT2D eigenvalue weighted by atomic mass is 79.9. The molecule has 27 heavy (non-hydrogen) atoms. The number of rotatable bonds is 7. The molecule has 0 aliphatic carbocycles. The van der Waals surface area contributed by atoms with Gasteiger partial charge in [0.1, 0.15) is 0 Å². The summed E-state index contributed by atoms with van der Waals surface area (Å²) >= 11 is 3.49. The minimum absolute atomic E-state index is 0.132. The monoisotopic (exact) mass is 435 g/mol. The molecule has 0 bridgehead atoms. The lowest BCUT2D eigenvalue weighted by Crippen LogP contribution is -2.45. The lowest BCUT2D eigenvalue weighted by molar-refractivity contribution is -0.122. The van der Waals surface area contributed by atoms with Crippen LogP contribution in [0.2, 0.25) is 0 Å². The Bertz CT molecular complexity index is 813. The number of nitrogens with one attached hydrogen (secondary N) is 2. The van der Waals surface area contributed by atoms with Gasteiger partial charge in [-0.2, -0.15) is 0 Å². The highest BCUT2D eigenvalue weighted by Crippen LogP contribution is 2.27. The molecule has 0 heterocycles. The number of methoxy groups -OCH3 is 2. The van der Waals surface area contributed by atoms with Crippen molar-refractivity contribution in [2.45, 2.75) is 6.54 Å². The Labute approximate surface area is 166 Å². The fourth-order valence-corrected chi connectivity index (χ4v) is 2.84. The number of carbonyl (C=O) groups is 2. The van der Waals surface area contributed by atoms with Crippen LogP contribution in [0.25, 0.3) is 0 Å². The van der Waals surface area contributed by atoms with Crippen LogP contribution < -0.4 is 20.3 Å². The second kappa shape index (κ2) is 9.94. The molecule has 0 saturated carbocycles. The van der Waals surface area contributed by atoms with Gasteiger partial charge >= 0.3 is 0 Å². The van der Waals surface area contributed by atoms with Crippen LogP contribution in [-0.4, -0.2) is 44.5 Å². The first-order valence-corrected chi connectivity index (χ1v) is 8.97. The largest absolute Gasteiger partial charge is 0.493 e. The van der Waals surface area contributed by atoms with E-state index >= 15 is 0 Å². The molecule has 2 amide bonds. The third-order valence-corrected chi connectivity index (χ3v) is 4.55. The van der Waals surface area contributed by atoms with E-state index in [4.69, 9.17) is 9.47 Å². The molecule has 2 aromatic carbocycles. The molecule has 2 aromatic rings. The van der Waals surface area contributed by atoms with Gasteiger partial charge in [-0.25, -0.2) is 0 Å². The molecule has 2 rings (SSSR count). The van der Waals surface area contributed by atoms with Crippen LogP contribution in [0.4, 0.5) is 0 Å². The molecule has 7 nitrogen and oxygen atoms in total. The van der Waals surface area contributed by atoms with Gasteiger partial charge in [0, 0.05) is 16.6 Å². The molecule has 2 N–H and O–H groups in total. The van der Waals surface area contributed by atoms with Gasteiger partial charge in [0.25, 0.3) is 11.8 Å². The van der Waals surface area contributed by atoms with Crippen LogP contribution in [0.3, 0.4) is 0 Å². The molecular formula is C19H22BrN3O4. The number of hydrogen-bond donors (Lipinski definition) is 2. The number of halogens is 1. The zero-order chi connectivity index (χ0) is 19.8. The first-order chi connectivity index (χ1) is 12.9. The number of hydrogen-bond acceptors (Lipinski definition) is 5. The fourth-order valence-electron chi connectivity index (χ4n) is 2.43. The van der Waals surface area contributed by atoms with Crippen LogP contribution >= 0.6 is 15.9 Å². The number of nitrogens with zero attached hydrogens (tertiary/aromatic N) is 1. The molecule has 0 fully saturated rings. The third-order valence-electron chi connectivity index (χ3n) is 3.77. The molecule has 8 heteroatoms. The molecular weight excluding hydrogens is 414 g/mol. The first kappa shape index (κ1) is 20.7. The molecule has 0 aromatic heterocycles. The maximum Gasteiger partial charge on any atom is 0.269 e. The number of likely N-dealkylation sites (N-methyl/N-ethyl adjacent to an activating group) is 1. The Kier molecular flexibility index (Phi) is 7.63. The predicted molar refractivity (Wildman–Crippen MR) is 106 cm³/mol. The number of ether oxygens (including phenoxy) is 2. The van der Waals surface area contributed by atoms with Crippen LogP contribution in [0.1, 0.15) is 15.9 Å². The molecule has 0 atom stereocenters. The second-order valence-corrected chi connectivity index (χ2v) is 6.69. The van der Waals surface area contributed by atoms with Crippen molar-refractivity contribution in [1.29, 1.82) is 0 Å². The van der Waals surface area contributed by atoms with Gasteiger partial charge in [0.05, 0.1) is 20.8 Å². The summed E-state index contributed by atoms with van der Waals surface area (Å²) in [6.45, 7) is 0.728. The van der Waals surface area contributed by atoms with Crippen molar-refractivity contribution in [3.05, 3.63) is 58.1 Å². The van der Waals surface area contributed by atoms with E-state index in [1.807, 2.05) is 36.2 Å². The van der Waals surface area contributed by atoms with E-state index < -0.39 is 5.91 Å². The summed E-state index contributed by atoms with van der Waals surface area (Å²) in [6.07, 6.45) is 0. The number of amides is 2. The average Bonchev–Trinajstić information content (AvgIpc) is 2.67. The molecule has 0 unspecified atom stereocenters. The van der Waals surface area contributed by atoms with Crippen LogP contribution in [0.15, 0.2) is 46.9 Å². The van der Waals surface area contributed by atoms with Gasteiger partial charge < -0.3 is 9.47 Å². The standard InChI is InChI=1S/C19H22BrN3O4/c1-23(11-14-6-4-5-7-15(14)20)12-18(24)21-22-19(25)13-8-9-16(26-2)17(10-13)27-3/h4-10H,11-12H2,1-3H3,(H,21,24)(H,22,25). The Hall–Kier alpha value is -2.58. The highest BCUT2D eigenvalue weighted by Gasteiger charge is 2.13. The normalized spacial score (nSPS) is 10.4. The van der Waals surface area contributed by atoms with E-state index in [1.165, 1.54) is 14.2 Å². The maximum atomic E-state index is 12.2. The van der Waals surface area contributed by atoms with Crippen molar-refractivity contribution in [2.75, 3.05) is 27.8 Å². The fraction of sp³-hybridized carbons (Fsp3) is 0.263. The Morgan fingerprint density at radius 3 is 2.41 bits per heavy atom. The van der Waals surface area contributed by atoms with Gasteiger partial charge in [0.15, 0.2) is 11.5 Å². The summed E-state index contributed by atoms with van der Waals surface area (Å²) in [5, 5.41) is 0. The smallest absolute Gasteiger partial charge is 0.269 e. The van der Waals surface area contributed by atoms with Crippen molar-refractivity contribution in [3.8, 4) is 11.5 Å². The summed E-state index contributed by atoms with van der Waals surface area (Å²) in [5.41, 5.74) is 6.23. The van der Waals surface area contributed by atoms with Crippen LogP contribution in [0.5, 0.6) is 11.5 Å². The summed E-state index contributed by atoms with van der Waals surface area (Å²) in [7, 11) is 4.83. The quantitative estimate of drug-likeness (QED) is 0.652. The predicted octanol–water partition coefficient (Wildman–Crippen LogP) is 2.36. The summed E-state index contributed by atoms with van der Waals surface area (Å²) in [5.74, 6) is 0.188. The summed E-state index contributed by atoms with van der Waals surface area (Å²) in [6, 6.07) is 12.6. The minimum Gasteiger partial charge on any atom is -0.493 e. The van der Waals surface area contributed by atoms with E-state index in [1.54, 1.807) is 18.2 Å². The van der Waals surface area contributed by atoms with Gasteiger partial charge in [-0.1, -0.05) is 34.1 Å². The number of carbonyl (C=O) groups excluding carboxylic acids is 2. The van der Waals surface area contributed by atoms with Gasteiger partial charge in [-0.05, 0) is 36.9 Å². The highest BCUT2D eigenvalue weighted by molar-refractivity contribution is 9.10. The van der Waals surface area contributed by atoms with E-state index in [-0.39, 0.29) is 12.5 Å². The van der Waals surface area contributed by atoms with E-state index in [2.05, 4.69) is 26.8 Å². The van der Waals surface area contributed by atoms with Crippen molar-refractivity contribution in [1.82, 2.24) is 15.8 Å². The van der Waals surface area contributed by atoms with Crippen molar-refractivity contribution >= 4 is 27.7 Å². The lowest BCUT2D eigenvalue weighted by Gasteiger charge is -2.17. The SMILES string of the molecule is COc1ccc(C(=O)NNC(=O)CN(C)Cc2ccccc2Br)cc1OC. The Morgan fingerprint density at radius 1 is 1.04 bits per heavy atom. The molecule has 0 spiro atoms. The molecule has 144 valence electrons. The summed E-state index contributed by atoms with van der Waals surface area (Å²) in [4.78, 5) is 26.1. The Balaban J connectivity index is 1.86. The van der Waals surface area contributed by atoms with Crippen molar-refractivity contribution in [2.24, 2.45) is 0 Å². The molecule has 0 saturated heterocycles. The minimum atomic E-state index is -0.447. The number of hydrazine groups is 1. The topological polar surface area (TPSA) is 79.9 Å². The van der Waals surface area contributed by atoms with E-state index in [0.29, 0.717) is 23.6 Å². The van der Waals surface area contributed by atoms with Crippen molar-refractivity contribution < 1.29 is 19.1 Å². The van der Waals surface area contributed by atoms with Gasteiger partial charge in [-0.15, -0.1) is 0 Å². The average molecular weight is 436 g/mol. The van der Waals surface area contributed by atoms with E-state index in [9.17, 15) is 9.59 Å². The Morgan fingerprint density at radius 2 is 1.74 bits per heavy atom. The molecule has 0 radical (unpaired) electrons. The first-order valence-electron chi connectivity index (χ1n) is 8.17. The molecule has 0 aliphatic heterocycles. The van der Waals surface area contributed by atoms with Crippen LogP contribution in [0, 0.1) is 0 Å². The maximum absolute atomic E-state index is 12.2. The summed E-state index contributed by atoms with van der Waals surface area (Å²) < 4.78 is 11.3. The zero-order valence-electron chi connectivity index (χ0n) is 15.4. The molecule has 0 aliphatic rings. The van der Waals surface area contributed by atoms with Crippen LogP contribution in [-0.2, 0) is 11.3 Å². The van der Waals surface area contributed by atoms with E-state index in [0.717, 1.165) is 10.0 Å². The zero-order valence-corrected chi connectivity index (χ0v) is 17.0. The second-order valence-electron chi connectivity index (χ2n) is 5.84. The van der Waals surface area contributed by atoms with Gasteiger partial charge in [-0.3, -0.25) is 25.3 Å². The number of benzene rings is 2. The third kappa shape index (κ3) is 5.97.